The number of pyridine rings is 2. The summed E-state index contributed by atoms with van der Waals surface area (Å²) in [7, 11) is -3.25. The summed E-state index contributed by atoms with van der Waals surface area (Å²) in [5, 5.41) is 1.75. The Morgan fingerprint density at radius 3 is 1.46 bits per heavy atom. The van der Waals surface area contributed by atoms with E-state index >= 15 is 4.57 Å². The van der Waals surface area contributed by atoms with Crippen LogP contribution in [0.2, 0.25) is 0 Å². The first kappa shape index (κ1) is 24.0. The summed E-state index contributed by atoms with van der Waals surface area (Å²) in [4.78, 5) is 8.78. The van der Waals surface area contributed by atoms with Crippen molar-refractivity contribution >= 4 is 29.3 Å². The first-order valence-electron chi connectivity index (χ1n) is 13.8. The molecule has 6 aromatic rings. The fourth-order valence-corrected chi connectivity index (χ4v) is 9.72. The molecule has 2 aliphatic rings. The van der Waals surface area contributed by atoms with Gasteiger partial charge < -0.3 is 0 Å². The number of benzene rings is 4. The van der Waals surface area contributed by atoms with Crippen LogP contribution in [0.3, 0.4) is 0 Å². The molecule has 8 rings (SSSR count). The van der Waals surface area contributed by atoms with Crippen LogP contribution in [0.5, 0.6) is 0 Å². The lowest BCUT2D eigenvalue weighted by Crippen LogP contribution is -2.37. The maximum Gasteiger partial charge on any atom is 0.235 e. The van der Waals surface area contributed by atoms with Gasteiger partial charge in [-0.15, -0.1) is 0 Å². The Hall–Kier alpha value is -4.79. The van der Waals surface area contributed by atoms with Gasteiger partial charge in [-0.1, -0.05) is 48.5 Å². The summed E-state index contributed by atoms with van der Waals surface area (Å²) in [6, 6.07) is 33.5. The number of rotatable bonds is 2. The number of nitrogens with zero attached hydrogens (tertiary/aromatic N) is 3. The van der Waals surface area contributed by atoms with Crippen molar-refractivity contribution in [3.63, 3.8) is 0 Å². The molecule has 0 unspecified atom stereocenters. The molecule has 41 heavy (non-hydrogen) atoms. The van der Waals surface area contributed by atoms with Gasteiger partial charge in [0.25, 0.3) is 0 Å². The minimum Gasteiger partial charge on any atom is -0.289 e. The van der Waals surface area contributed by atoms with Crippen molar-refractivity contribution in [2.45, 2.75) is 13.8 Å². The van der Waals surface area contributed by atoms with Crippen molar-refractivity contribution in [2.75, 3.05) is 4.67 Å². The van der Waals surface area contributed by atoms with Crippen molar-refractivity contribution in [1.29, 1.82) is 0 Å². The van der Waals surface area contributed by atoms with Gasteiger partial charge in [0, 0.05) is 57.7 Å². The summed E-state index contributed by atoms with van der Waals surface area (Å²) < 4.78 is 17.8. The van der Waals surface area contributed by atoms with Crippen LogP contribution in [-0.4, -0.2) is 9.97 Å². The van der Waals surface area contributed by atoms with Crippen LogP contribution in [0.25, 0.3) is 44.5 Å². The van der Waals surface area contributed by atoms with E-state index in [1.165, 1.54) is 11.1 Å². The summed E-state index contributed by atoms with van der Waals surface area (Å²) in [5.74, 6) is 0. The fourth-order valence-electron chi connectivity index (χ4n) is 6.45. The number of fused-ring (bicyclic) bond motifs is 11. The fraction of sp³-hybridized carbons (Fsp3) is 0.0556. The molecule has 0 atom stereocenters. The standard InChI is InChI=1S/C36H26N3OP/c1-23-15-17-37-21-31(23)25-11-13-33-29(19-25)27-7-3-5-9-35(27)41(40)36-10-6-4-8-28(36)30-20-26(12-14-34(30)39(33)41)32-22-38-18-16-24(32)2/h3-22H,1-2H3. The average molecular weight is 548 g/mol. The molecule has 0 amide bonds. The second-order valence-corrected chi connectivity index (χ2v) is 13.3. The van der Waals surface area contributed by atoms with Gasteiger partial charge in [-0.25, -0.2) is 0 Å². The maximum atomic E-state index is 15.7. The Bertz CT molecular complexity index is 1940. The highest BCUT2D eigenvalue weighted by Gasteiger charge is 2.47. The third kappa shape index (κ3) is 3.38. The van der Waals surface area contributed by atoms with E-state index in [1.54, 1.807) is 0 Å². The van der Waals surface area contributed by atoms with Crippen LogP contribution < -0.4 is 15.3 Å². The minimum atomic E-state index is -3.25. The summed E-state index contributed by atoms with van der Waals surface area (Å²) in [5.41, 5.74) is 12.8. The highest BCUT2D eigenvalue weighted by Crippen LogP contribution is 2.66. The third-order valence-corrected chi connectivity index (χ3v) is 11.6. The van der Waals surface area contributed by atoms with Gasteiger partial charge in [-0.3, -0.25) is 19.2 Å². The van der Waals surface area contributed by atoms with Crippen LogP contribution in [0, 0.1) is 13.8 Å². The lowest BCUT2D eigenvalue weighted by Gasteiger charge is -2.44. The van der Waals surface area contributed by atoms with Gasteiger partial charge in [0.05, 0.1) is 11.4 Å². The van der Waals surface area contributed by atoms with Crippen molar-refractivity contribution in [2.24, 2.45) is 0 Å². The van der Waals surface area contributed by atoms with E-state index < -0.39 is 7.29 Å². The van der Waals surface area contributed by atoms with Gasteiger partial charge in [0.2, 0.25) is 7.29 Å². The molecule has 0 saturated carbocycles. The molecule has 0 spiro atoms. The Morgan fingerprint density at radius 2 is 1.00 bits per heavy atom. The van der Waals surface area contributed by atoms with Gasteiger partial charge >= 0.3 is 0 Å². The van der Waals surface area contributed by atoms with Gasteiger partial charge in [0.15, 0.2) is 0 Å². The first-order valence-corrected chi connectivity index (χ1v) is 15.4. The highest BCUT2D eigenvalue weighted by molar-refractivity contribution is 7.81. The Morgan fingerprint density at radius 1 is 0.537 bits per heavy atom. The normalized spacial score (nSPS) is 13.9. The predicted octanol–water partition coefficient (Wildman–Crippen LogP) is 8.46. The topological polar surface area (TPSA) is 46.1 Å². The molecule has 0 radical (unpaired) electrons. The van der Waals surface area contributed by atoms with Crippen LogP contribution in [-0.2, 0) is 4.57 Å². The van der Waals surface area contributed by atoms with Crippen molar-refractivity contribution in [3.05, 3.63) is 133 Å². The zero-order chi connectivity index (χ0) is 27.7. The number of aromatic nitrogens is 2. The molecule has 0 fully saturated rings. The molecule has 0 saturated heterocycles. The number of aryl methyl sites for hydroxylation is 2. The molecule has 4 nitrogen and oxygen atoms in total. The van der Waals surface area contributed by atoms with Crippen LogP contribution in [0.4, 0.5) is 11.4 Å². The monoisotopic (exact) mass is 547 g/mol. The van der Waals surface area contributed by atoms with E-state index in [-0.39, 0.29) is 0 Å². The van der Waals surface area contributed by atoms with Crippen LogP contribution >= 0.6 is 7.29 Å². The van der Waals surface area contributed by atoms with E-state index in [2.05, 4.69) is 77.0 Å². The molecule has 0 N–H and O–H groups in total. The zero-order valence-corrected chi connectivity index (χ0v) is 23.6. The van der Waals surface area contributed by atoms with E-state index in [0.717, 1.165) is 66.5 Å². The van der Waals surface area contributed by atoms with E-state index in [0.29, 0.717) is 0 Å². The molecule has 0 bridgehead atoms. The molecular weight excluding hydrogens is 521 g/mol. The van der Waals surface area contributed by atoms with Crippen molar-refractivity contribution < 1.29 is 4.57 Å². The zero-order valence-electron chi connectivity index (χ0n) is 22.7. The molecule has 0 aliphatic carbocycles. The molecule has 196 valence electrons. The third-order valence-electron chi connectivity index (χ3n) is 8.47. The van der Waals surface area contributed by atoms with E-state index in [9.17, 15) is 0 Å². The molecule has 2 aliphatic heterocycles. The molecule has 5 heteroatoms. The van der Waals surface area contributed by atoms with Crippen molar-refractivity contribution in [3.8, 4) is 44.5 Å². The lowest BCUT2D eigenvalue weighted by molar-refractivity contribution is 0.586. The molecular formula is C36H26N3OP. The number of anilines is 2. The second kappa shape index (κ2) is 8.86. The van der Waals surface area contributed by atoms with Crippen molar-refractivity contribution in [1.82, 2.24) is 9.97 Å². The minimum absolute atomic E-state index is 0.873. The molecule has 4 heterocycles. The molecule has 4 aromatic carbocycles. The van der Waals surface area contributed by atoms with E-state index in [1.807, 2.05) is 73.3 Å². The van der Waals surface area contributed by atoms with Crippen LogP contribution in [0.15, 0.2) is 122 Å². The SMILES string of the molecule is Cc1ccncc1-c1ccc2c(c1)-c1ccccc1P1(=O)c3ccccc3-c3cc(-c4cnccc4C)ccc3N21. The quantitative estimate of drug-likeness (QED) is 0.204. The van der Waals surface area contributed by atoms with E-state index in [4.69, 9.17) is 0 Å². The lowest BCUT2D eigenvalue weighted by atomic mass is 9.94. The van der Waals surface area contributed by atoms with Gasteiger partial charge in [-0.05, 0) is 95.8 Å². The number of hydrogen-bond acceptors (Lipinski definition) is 3. The Labute approximate surface area is 239 Å². The van der Waals surface area contributed by atoms with Gasteiger partial charge in [-0.2, -0.15) is 0 Å². The average Bonchev–Trinajstić information content (AvgIpc) is 3.01. The van der Waals surface area contributed by atoms with Crippen LogP contribution in [0.1, 0.15) is 11.1 Å². The Kier molecular flexibility index (Phi) is 5.19. The van der Waals surface area contributed by atoms with Gasteiger partial charge in [0.1, 0.15) is 0 Å². The maximum absolute atomic E-state index is 15.7. The predicted molar refractivity (Wildman–Crippen MR) is 169 cm³/mol. The number of hydrogen-bond donors (Lipinski definition) is 0. The largest absolute Gasteiger partial charge is 0.289 e. The summed E-state index contributed by atoms with van der Waals surface area (Å²) in [6.07, 6.45) is 7.49. The Balaban J connectivity index is 1.43. The first-order chi connectivity index (χ1) is 20.1. The molecule has 2 aromatic heterocycles. The smallest absolute Gasteiger partial charge is 0.235 e. The highest BCUT2D eigenvalue weighted by atomic mass is 31.2. The summed E-state index contributed by atoms with van der Waals surface area (Å²) >= 11 is 0. The second-order valence-electron chi connectivity index (χ2n) is 10.8. The summed E-state index contributed by atoms with van der Waals surface area (Å²) in [6.45, 7) is 4.22.